The Morgan fingerprint density at radius 2 is 2.17 bits per heavy atom. The standard InChI is InChI=1S/C15H13N7O/c1-21-9-11(6-18-21)12-7-17-14-13(19-12)20-15(23)22(14)8-10-3-2-4-16-5-10/h2-7,9H,8H2,1H3,(H,19,20,23). The molecule has 0 unspecified atom stereocenters. The van der Waals surface area contributed by atoms with Crippen LogP contribution < -0.4 is 5.69 Å². The molecule has 0 atom stereocenters. The Morgan fingerprint density at radius 1 is 1.26 bits per heavy atom. The molecule has 8 nitrogen and oxygen atoms in total. The summed E-state index contributed by atoms with van der Waals surface area (Å²) in [6.07, 6.45) is 8.62. The lowest BCUT2D eigenvalue weighted by Crippen LogP contribution is -2.17. The van der Waals surface area contributed by atoms with E-state index in [9.17, 15) is 4.79 Å². The highest BCUT2D eigenvalue weighted by molar-refractivity contribution is 5.70. The quantitative estimate of drug-likeness (QED) is 0.608. The minimum absolute atomic E-state index is 0.243. The topological polar surface area (TPSA) is 94.3 Å². The Morgan fingerprint density at radius 3 is 2.91 bits per heavy atom. The first-order valence-corrected chi connectivity index (χ1v) is 7.04. The molecule has 0 fully saturated rings. The zero-order valence-electron chi connectivity index (χ0n) is 12.3. The van der Waals surface area contributed by atoms with Crippen molar-refractivity contribution in [2.24, 2.45) is 7.05 Å². The molecule has 0 aromatic carbocycles. The summed E-state index contributed by atoms with van der Waals surface area (Å²) >= 11 is 0. The highest BCUT2D eigenvalue weighted by Crippen LogP contribution is 2.17. The van der Waals surface area contributed by atoms with Crippen molar-refractivity contribution in [1.29, 1.82) is 0 Å². The summed E-state index contributed by atoms with van der Waals surface area (Å²) in [6.45, 7) is 0.396. The second-order valence-corrected chi connectivity index (χ2v) is 5.21. The summed E-state index contributed by atoms with van der Waals surface area (Å²) in [5, 5.41) is 4.12. The number of rotatable bonds is 3. The van der Waals surface area contributed by atoms with Gasteiger partial charge in [-0.1, -0.05) is 6.07 Å². The van der Waals surface area contributed by atoms with Crippen molar-refractivity contribution in [3.63, 3.8) is 0 Å². The number of nitrogens with zero attached hydrogens (tertiary/aromatic N) is 6. The lowest BCUT2D eigenvalue weighted by molar-refractivity contribution is 0.768. The van der Waals surface area contributed by atoms with Gasteiger partial charge in [-0.3, -0.25) is 19.2 Å². The number of pyridine rings is 1. The molecule has 0 saturated carbocycles. The van der Waals surface area contributed by atoms with Gasteiger partial charge in [0.15, 0.2) is 11.3 Å². The van der Waals surface area contributed by atoms with E-state index in [1.54, 1.807) is 34.0 Å². The van der Waals surface area contributed by atoms with E-state index >= 15 is 0 Å². The summed E-state index contributed by atoms with van der Waals surface area (Å²) in [4.78, 5) is 27.9. The zero-order chi connectivity index (χ0) is 15.8. The molecule has 4 rings (SSSR count). The summed E-state index contributed by atoms with van der Waals surface area (Å²) < 4.78 is 3.24. The second-order valence-electron chi connectivity index (χ2n) is 5.21. The molecule has 114 valence electrons. The van der Waals surface area contributed by atoms with Gasteiger partial charge >= 0.3 is 5.69 Å². The fourth-order valence-electron chi connectivity index (χ4n) is 2.44. The predicted octanol–water partition coefficient (Wildman–Crippen LogP) is 0.963. The minimum Gasteiger partial charge on any atom is -0.289 e. The lowest BCUT2D eigenvalue weighted by Gasteiger charge is -2.02. The molecular weight excluding hydrogens is 294 g/mol. The summed E-state index contributed by atoms with van der Waals surface area (Å²) in [5.41, 5.74) is 3.18. The van der Waals surface area contributed by atoms with Gasteiger partial charge in [0.1, 0.15) is 0 Å². The molecule has 0 aliphatic carbocycles. The average Bonchev–Trinajstić information content (AvgIpc) is 3.12. The van der Waals surface area contributed by atoms with Crippen LogP contribution in [0.25, 0.3) is 22.6 Å². The van der Waals surface area contributed by atoms with Gasteiger partial charge in [-0.05, 0) is 11.6 Å². The number of aryl methyl sites for hydroxylation is 1. The molecule has 0 bridgehead atoms. The van der Waals surface area contributed by atoms with Gasteiger partial charge < -0.3 is 0 Å². The van der Waals surface area contributed by atoms with E-state index in [1.165, 1.54) is 0 Å². The van der Waals surface area contributed by atoms with Gasteiger partial charge in [0, 0.05) is 31.2 Å². The lowest BCUT2D eigenvalue weighted by atomic mass is 10.3. The van der Waals surface area contributed by atoms with Gasteiger partial charge in [0.2, 0.25) is 0 Å². The van der Waals surface area contributed by atoms with E-state index in [4.69, 9.17) is 0 Å². The van der Waals surface area contributed by atoms with Gasteiger partial charge in [0.05, 0.1) is 24.6 Å². The molecule has 0 saturated heterocycles. The SMILES string of the molecule is Cn1cc(-c2cnc3c(n2)[nH]c(=O)n3Cc2cccnc2)cn1. The molecule has 0 aliphatic rings. The van der Waals surface area contributed by atoms with Crippen LogP contribution in [0.1, 0.15) is 5.56 Å². The maximum Gasteiger partial charge on any atom is 0.329 e. The molecule has 23 heavy (non-hydrogen) atoms. The van der Waals surface area contributed by atoms with E-state index in [-0.39, 0.29) is 5.69 Å². The van der Waals surface area contributed by atoms with Crippen LogP contribution in [0, 0.1) is 0 Å². The molecule has 1 N–H and O–H groups in total. The van der Waals surface area contributed by atoms with Crippen molar-refractivity contribution in [2.45, 2.75) is 6.54 Å². The Bertz CT molecular complexity index is 1030. The van der Waals surface area contributed by atoms with Crippen LogP contribution in [-0.2, 0) is 13.6 Å². The van der Waals surface area contributed by atoms with Crippen molar-refractivity contribution in [3.05, 3.63) is 59.2 Å². The fraction of sp³-hybridized carbons (Fsp3) is 0.133. The van der Waals surface area contributed by atoms with E-state index in [0.717, 1.165) is 11.1 Å². The number of nitrogens with one attached hydrogen (secondary N) is 1. The van der Waals surface area contributed by atoms with E-state index in [1.807, 2.05) is 25.4 Å². The molecular formula is C15H13N7O. The van der Waals surface area contributed by atoms with E-state index in [2.05, 4.69) is 25.0 Å². The number of hydrogen-bond donors (Lipinski definition) is 1. The van der Waals surface area contributed by atoms with Crippen molar-refractivity contribution >= 4 is 11.3 Å². The van der Waals surface area contributed by atoms with Crippen LogP contribution in [0.5, 0.6) is 0 Å². The van der Waals surface area contributed by atoms with Gasteiger partial charge in [-0.25, -0.2) is 14.8 Å². The highest BCUT2D eigenvalue weighted by Gasteiger charge is 2.12. The molecule has 4 aromatic rings. The van der Waals surface area contributed by atoms with E-state index in [0.29, 0.717) is 23.5 Å². The van der Waals surface area contributed by atoms with E-state index < -0.39 is 0 Å². The molecule has 0 spiro atoms. The maximum absolute atomic E-state index is 12.2. The average molecular weight is 307 g/mol. The molecule has 0 radical (unpaired) electrons. The van der Waals surface area contributed by atoms with Crippen LogP contribution in [0.2, 0.25) is 0 Å². The number of fused-ring (bicyclic) bond motifs is 1. The first-order valence-electron chi connectivity index (χ1n) is 7.04. The highest BCUT2D eigenvalue weighted by atomic mass is 16.1. The third-order valence-electron chi connectivity index (χ3n) is 3.54. The Kier molecular flexibility index (Phi) is 3.00. The summed E-state index contributed by atoms with van der Waals surface area (Å²) in [7, 11) is 1.84. The number of imidazole rings is 1. The van der Waals surface area contributed by atoms with Crippen molar-refractivity contribution in [1.82, 2.24) is 34.3 Å². The first kappa shape index (κ1) is 13.4. The zero-order valence-corrected chi connectivity index (χ0v) is 12.3. The fourth-order valence-corrected chi connectivity index (χ4v) is 2.44. The molecule has 0 aliphatic heterocycles. The molecule has 8 heteroatoms. The van der Waals surface area contributed by atoms with Gasteiger partial charge in [-0.15, -0.1) is 0 Å². The molecule has 4 aromatic heterocycles. The third-order valence-corrected chi connectivity index (χ3v) is 3.54. The van der Waals surface area contributed by atoms with Crippen molar-refractivity contribution < 1.29 is 0 Å². The maximum atomic E-state index is 12.2. The van der Waals surface area contributed by atoms with Crippen LogP contribution in [-0.4, -0.2) is 34.3 Å². The normalized spacial score (nSPS) is 11.2. The summed E-state index contributed by atoms with van der Waals surface area (Å²) in [5.74, 6) is 0. The number of aromatic amines is 1. The Hall–Kier alpha value is -3.29. The van der Waals surface area contributed by atoms with Crippen LogP contribution >= 0.6 is 0 Å². The second kappa shape index (κ2) is 5.16. The summed E-state index contributed by atoms with van der Waals surface area (Å²) in [6, 6.07) is 3.75. The monoisotopic (exact) mass is 307 g/mol. The molecule has 0 amide bonds. The molecule has 4 heterocycles. The Labute approximate surface area is 130 Å². The van der Waals surface area contributed by atoms with Crippen LogP contribution in [0.3, 0.4) is 0 Å². The Balaban J connectivity index is 1.78. The van der Waals surface area contributed by atoms with Crippen LogP contribution in [0.4, 0.5) is 0 Å². The van der Waals surface area contributed by atoms with Gasteiger partial charge in [-0.2, -0.15) is 5.10 Å². The van der Waals surface area contributed by atoms with Gasteiger partial charge in [0.25, 0.3) is 0 Å². The number of aromatic nitrogens is 7. The van der Waals surface area contributed by atoms with Crippen molar-refractivity contribution in [3.8, 4) is 11.3 Å². The number of hydrogen-bond acceptors (Lipinski definition) is 5. The third kappa shape index (κ3) is 2.39. The smallest absolute Gasteiger partial charge is 0.289 e. The van der Waals surface area contributed by atoms with Crippen LogP contribution in [0.15, 0.2) is 47.9 Å². The predicted molar refractivity (Wildman–Crippen MR) is 83.7 cm³/mol. The first-order chi connectivity index (χ1) is 11.2. The number of H-pyrrole nitrogens is 1. The minimum atomic E-state index is -0.243. The van der Waals surface area contributed by atoms with Crippen molar-refractivity contribution in [2.75, 3.05) is 0 Å². The largest absolute Gasteiger partial charge is 0.329 e.